The third-order valence-corrected chi connectivity index (χ3v) is 6.97. The van der Waals surface area contributed by atoms with E-state index in [0.29, 0.717) is 5.36 Å². The Balaban J connectivity index is 1.70. The maximum Gasteiger partial charge on any atom is 0.137 e. The molecule has 0 spiro atoms. The van der Waals surface area contributed by atoms with E-state index in [9.17, 15) is 0 Å². The molecule has 0 amide bonds. The van der Waals surface area contributed by atoms with Crippen LogP contribution in [0.3, 0.4) is 0 Å². The zero-order valence-corrected chi connectivity index (χ0v) is 21.4. The first-order valence-corrected chi connectivity index (χ1v) is 13.0. The lowest BCUT2D eigenvalue weighted by molar-refractivity contribution is 0.415. The lowest BCUT2D eigenvalue weighted by Crippen LogP contribution is -2.25. The number of hydrogen-bond acceptors (Lipinski definition) is 4. The average molecular weight is 479 g/mol. The fourth-order valence-corrected chi connectivity index (χ4v) is 4.96. The molecule has 1 N–H and O–H groups in total. The quantitative estimate of drug-likeness (QED) is 0.217. The van der Waals surface area contributed by atoms with Crippen LogP contribution in [0, 0.1) is 5.41 Å². The topological polar surface area (TPSA) is 49.5 Å². The number of benzene rings is 4. The summed E-state index contributed by atoms with van der Waals surface area (Å²) in [5.41, 5.74) is 5.36. The van der Waals surface area contributed by atoms with Gasteiger partial charge in [0.15, 0.2) is 0 Å². The van der Waals surface area contributed by atoms with Crippen molar-refractivity contribution in [3.63, 3.8) is 0 Å². The normalized spacial score (nSPS) is 11.4. The molecule has 2 aliphatic rings. The van der Waals surface area contributed by atoms with Crippen molar-refractivity contribution in [3.8, 4) is 28.2 Å². The molecule has 0 saturated heterocycles. The minimum absolute atomic E-state index is 0.450. The molecule has 4 nitrogen and oxygen atoms in total. The highest BCUT2D eigenvalue weighted by Crippen LogP contribution is 2.41. The van der Waals surface area contributed by atoms with E-state index in [-0.39, 0.29) is 0 Å². The van der Waals surface area contributed by atoms with Gasteiger partial charge in [0.25, 0.3) is 0 Å². The summed E-state index contributed by atoms with van der Waals surface area (Å²) in [6.45, 7) is 6.58. The van der Waals surface area contributed by atoms with Crippen LogP contribution in [0.15, 0.2) is 77.2 Å². The SMILES string of the molecule is CCCCN(CCCC)c1ccc2c(-c3ccc4cc(OC)ccc4c3)c3ccc(=N)cc-3oc2c1. The van der Waals surface area contributed by atoms with E-state index in [1.165, 1.54) is 31.4 Å². The van der Waals surface area contributed by atoms with Crippen LogP contribution in [0.2, 0.25) is 0 Å². The lowest BCUT2D eigenvalue weighted by atomic mass is 9.92. The van der Waals surface area contributed by atoms with Gasteiger partial charge in [-0.3, -0.25) is 0 Å². The smallest absolute Gasteiger partial charge is 0.137 e. The average Bonchev–Trinajstić information content (AvgIpc) is 2.90. The van der Waals surface area contributed by atoms with Crippen molar-refractivity contribution in [2.75, 3.05) is 25.1 Å². The molecule has 0 bridgehead atoms. The van der Waals surface area contributed by atoms with Gasteiger partial charge >= 0.3 is 0 Å². The minimum atomic E-state index is 0.450. The second-order valence-electron chi connectivity index (χ2n) is 9.49. The van der Waals surface area contributed by atoms with Gasteiger partial charge < -0.3 is 19.5 Å². The molecule has 3 aromatic carbocycles. The molecule has 3 aromatic rings. The van der Waals surface area contributed by atoms with Crippen molar-refractivity contribution in [2.45, 2.75) is 39.5 Å². The highest BCUT2D eigenvalue weighted by molar-refractivity contribution is 6.04. The summed E-state index contributed by atoms with van der Waals surface area (Å²) in [5.74, 6) is 1.60. The van der Waals surface area contributed by atoms with E-state index in [1.807, 2.05) is 24.3 Å². The van der Waals surface area contributed by atoms with E-state index in [4.69, 9.17) is 14.6 Å². The van der Waals surface area contributed by atoms with Crippen LogP contribution in [-0.4, -0.2) is 20.2 Å². The van der Waals surface area contributed by atoms with Crippen LogP contribution in [0.5, 0.6) is 5.75 Å². The van der Waals surface area contributed by atoms with E-state index in [2.05, 4.69) is 67.3 Å². The Kier molecular flexibility index (Phi) is 6.95. The molecule has 1 aliphatic heterocycles. The second-order valence-corrected chi connectivity index (χ2v) is 9.49. The maximum atomic E-state index is 8.19. The fourth-order valence-electron chi connectivity index (χ4n) is 4.96. The summed E-state index contributed by atoms with van der Waals surface area (Å²) in [5, 5.41) is 12.0. The number of nitrogens with zero attached hydrogens (tertiary/aromatic N) is 1. The van der Waals surface area contributed by atoms with Crippen molar-refractivity contribution in [1.29, 1.82) is 5.41 Å². The van der Waals surface area contributed by atoms with Gasteiger partial charge in [0, 0.05) is 47.4 Å². The van der Waals surface area contributed by atoms with Gasteiger partial charge in [0.2, 0.25) is 0 Å². The first-order valence-electron chi connectivity index (χ1n) is 13.0. The third kappa shape index (κ3) is 4.68. The summed E-state index contributed by atoms with van der Waals surface area (Å²) in [4.78, 5) is 2.48. The zero-order chi connectivity index (χ0) is 25.1. The van der Waals surface area contributed by atoms with E-state index >= 15 is 0 Å². The van der Waals surface area contributed by atoms with Crippen molar-refractivity contribution in [1.82, 2.24) is 0 Å². The number of ether oxygens (including phenoxy) is 1. The van der Waals surface area contributed by atoms with E-state index in [0.717, 1.165) is 63.0 Å². The molecule has 1 heterocycles. The van der Waals surface area contributed by atoms with Gasteiger partial charge in [-0.2, -0.15) is 0 Å². The van der Waals surface area contributed by atoms with Gasteiger partial charge in [0.1, 0.15) is 17.1 Å². The standard InChI is InChI=1S/C32H34N2O2/c1-4-6-16-34(17-7-5-2)26-12-15-29-31(21-26)36-30-20-25(33)11-14-28(30)32(29)24-9-8-23-19-27(35-3)13-10-22(23)18-24/h8-15,18-21,33H,4-7,16-17H2,1-3H3. The first kappa shape index (κ1) is 23.9. The molecular weight excluding hydrogens is 444 g/mol. The molecule has 1 aliphatic carbocycles. The molecule has 0 saturated carbocycles. The summed E-state index contributed by atoms with van der Waals surface area (Å²) in [6.07, 6.45) is 4.70. The molecular formula is C32H34N2O2. The fraction of sp³-hybridized carbons (Fsp3) is 0.281. The number of nitrogens with one attached hydrogen (secondary N) is 1. The Bertz CT molecular complexity index is 1530. The number of hydrogen-bond donors (Lipinski definition) is 1. The lowest BCUT2D eigenvalue weighted by Gasteiger charge is -2.25. The largest absolute Gasteiger partial charge is 0.497 e. The molecule has 0 radical (unpaired) electrons. The maximum absolute atomic E-state index is 8.19. The molecule has 4 heteroatoms. The van der Waals surface area contributed by atoms with Crippen molar-refractivity contribution < 1.29 is 9.15 Å². The highest BCUT2D eigenvalue weighted by Gasteiger charge is 2.18. The Hall–Kier alpha value is -3.79. The predicted octanol–water partition coefficient (Wildman–Crippen LogP) is 8.25. The molecule has 184 valence electrons. The van der Waals surface area contributed by atoms with Crippen LogP contribution in [0.1, 0.15) is 39.5 Å². The van der Waals surface area contributed by atoms with Gasteiger partial charge in [0.05, 0.1) is 12.5 Å². The van der Waals surface area contributed by atoms with E-state index in [1.54, 1.807) is 7.11 Å². The predicted molar refractivity (Wildman–Crippen MR) is 150 cm³/mol. The van der Waals surface area contributed by atoms with Gasteiger partial charge in [-0.1, -0.05) is 44.9 Å². The number of anilines is 1. The summed E-state index contributed by atoms with van der Waals surface area (Å²) in [7, 11) is 1.70. The summed E-state index contributed by atoms with van der Waals surface area (Å²) >= 11 is 0. The Morgan fingerprint density at radius 3 is 2.31 bits per heavy atom. The van der Waals surface area contributed by atoms with Crippen LogP contribution >= 0.6 is 0 Å². The number of unbranched alkanes of at least 4 members (excludes halogenated alkanes) is 2. The van der Waals surface area contributed by atoms with Crippen LogP contribution in [-0.2, 0) is 0 Å². The molecule has 0 unspecified atom stereocenters. The van der Waals surface area contributed by atoms with Gasteiger partial charge in [-0.25, -0.2) is 0 Å². The van der Waals surface area contributed by atoms with Gasteiger partial charge in [-0.05, 0) is 71.6 Å². The van der Waals surface area contributed by atoms with Crippen molar-refractivity contribution in [2.24, 2.45) is 0 Å². The van der Waals surface area contributed by atoms with Crippen LogP contribution < -0.4 is 15.0 Å². The Morgan fingerprint density at radius 2 is 1.56 bits per heavy atom. The number of fused-ring (bicyclic) bond motifs is 3. The molecule has 0 atom stereocenters. The monoisotopic (exact) mass is 478 g/mol. The summed E-state index contributed by atoms with van der Waals surface area (Å²) in [6, 6.07) is 25.0. The molecule has 5 rings (SSSR count). The first-order chi connectivity index (χ1) is 17.6. The molecule has 0 aromatic heterocycles. The van der Waals surface area contributed by atoms with Crippen LogP contribution in [0.4, 0.5) is 5.69 Å². The molecule has 36 heavy (non-hydrogen) atoms. The second kappa shape index (κ2) is 10.4. The van der Waals surface area contributed by atoms with Crippen molar-refractivity contribution in [3.05, 3.63) is 78.2 Å². The van der Waals surface area contributed by atoms with Gasteiger partial charge in [-0.15, -0.1) is 0 Å². The molecule has 0 fully saturated rings. The summed E-state index contributed by atoms with van der Waals surface area (Å²) < 4.78 is 11.9. The number of methoxy groups -OCH3 is 1. The number of rotatable bonds is 9. The highest BCUT2D eigenvalue weighted by atomic mass is 16.5. The zero-order valence-electron chi connectivity index (χ0n) is 21.4. The third-order valence-electron chi connectivity index (χ3n) is 6.97. The Labute approximate surface area is 213 Å². The Morgan fingerprint density at radius 1 is 0.806 bits per heavy atom. The van der Waals surface area contributed by atoms with Crippen molar-refractivity contribution >= 4 is 27.4 Å². The minimum Gasteiger partial charge on any atom is -0.497 e. The van der Waals surface area contributed by atoms with E-state index < -0.39 is 0 Å². The van der Waals surface area contributed by atoms with Crippen LogP contribution in [0.25, 0.3) is 44.2 Å².